The number of para-hydroxylation sites is 1. The van der Waals surface area contributed by atoms with E-state index in [1.54, 1.807) is 14.2 Å². The van der Waals surface area contributed by atoms with Crippen LogP contribution in [0.2, 0.25) is 0 Å². The summed E-state index contributed by atoms with van der Waals surface area (Å²) in [4.78, 5) is 8.71. The maximum absolute atomic E-state index is 5.39. The monoisotopic (exact) mass is 488 g/mol. The van der Waals surface area contributed by atoms with E-state index in [2.05, 4.69) is 38.8 Å². The first-order valence-electron chi connectivity index (χ1n) is 8.87. The Hall–Kier alpha value is -2.61. The average Bonchev–Trinajstić information content (AvgIpc) is 2.75. The molecule has 2 aromatic carbocycles. The van der Waals surface area contributed by atoms with Crippen molar-refractivity contribution < 1.29 is 4.74 Å². The van der Waals surface area contributed by atoms with Crippen LogP contribution >= 0.6 is 24.0 Å². The molecule has 0 unspecified atom stereocenters. The predicted octanol–water partition coefficient (Wildman–Crippen LogP) is 4.24. The summed E-state index contributed by atoms with van der Waals surface area (Å²) in [5.41, 5.74) is 4.32. The second-order valence-electron chi connectivity index (χ2n) is 6.01. The smallest absolute Gasteiger partial charge is 0.191 e. The minimum atomic E-state index is 0. The molecule has 0 spiro atoms. The van der Waals surface area contributed by atoms with Gasteiger partial charge in [0.2, 0.25) is 0 Å². The van der Waals surface area contributed by atoms with E-state index in [1.165, 1.54) is 5.56 Å². The topological polar surface area (TPSA) is 58.5 Å². The summed E-state index contributed by atoms with van der Waals surface area (Å²) in [6, 6.07) is 22.2. The minimum Gasteiger partial charge on any atom is -0.496 e. The van der Waals surface area contributed by atoms with Gasteiger partial charge < -0.3 is 15.4 Å². The van der Waals surface area contributed by atoms with Crippen LogP contribution in [-0.2, 0) is 13.1 Å². The molecule has 3 aromatic rings. The molecule has 0 radical (unpaired) electrons. The molecule has 6 heteroatoms. The molecule has 0 saturated heterocycles. The van der Waals surface area contributed by atoms with Crippen LogP contribution < -0.4 is 15.4 Å². The van der Waals surface area contributed by atoms with Gasteiger partial charge in [0, 0.05) is 37.5 Å². The van der Waals surface area contributed by atoms with Crippen molar-refractivity contribution in [3.05, 3.63) is 84.1 Å². The van der Waals surface area contributed by atoms with Crippen molar-refractivity contribution in [2.24, 2.45) is 4.99 Å². The van der Waals surface area contributed by atoms with Crippen LogP contribution in [0.15, 0.2) is 77.9 Å². The van der Waals surface area contributed by atoms with Gasteiger partial charge in [-0.15, -0.1) is 24.0 Å². The van der Waals surface area contributed by atoms with Crippen LogP contribution in [-0.4, -0.2) is 25.1 Å². The van der Waals surface area contributed by atoms with Crippen LogP contribution in [0.1, 0.15) is 11.1 Å². The quantitative estimate of drug-likeness (QED) is 0.310. The zero-order chi connectivity index (χ0) is 18.9. The van der Waals surface area contributed by atoms with E-state index in [-0.39, 0.29) is 24.0 Å². The fraction of sp³-hybridized carbons (Fsp3) is 0.182. The Kier molecular flexibility index (Phi) is 8.74. The Morgan fingerprint density at radius 3 is 2.50 bits per heavy atom. The van der Waals surface area contributed by atoms with E-state index >= 15 is 0 Å². The first-order chi connectivity index (χ1) is 13.3. The van der Waals surface area contributed by atoms with Crippen LogP contribution in [0.4, 0.5) is 0 Å². The molecule has 2 N–H and O–H groups in total. The number of rotatable bonds is 6. The van der Waals surface area contributed by atoms with E-state index in [9.17, 15) is 0 Å². The maximum Gasteiger partial charge on any atom is 0.191 e. The Labute approximate surface area is 183 Å². The summed E-state index contributed by atoms with van der Waals surface area (Å²) in [6.07, 6.45) is 1.81. The second kappa shape index (κ2) is 11.3. The Balaban J connectivity index is 0.00000280. The average molecular weight is 488 g/mol. The van der Waals surface area contributed by atoms with Crippen molar-refractivity contribution in [3.63, 3.8) is 0 Å². The van der Waals surface area contributed by atoms with Gasteiger partial charge in [0.25, 0.3) is 0 Å². The SMILES string of the molecule is CN=C(NCc1cccc(-c2ccccn2)c1)NCc1ccccc1OC.I. The molecule has 0 aliphatic rings. The lowest BCUT2D eigenvalue weighted by molar-refractivity contribution is 0.409. The van der Waals surface area contributed by atoms with Crippen LogP contribution in [0.3, 0.4) is 0 Å². The Morgan fingerprint density at radius 2 is 1.75 bits per heavy atom. The maximum atomic E-state index is 5.39. The third-order valence-corrected chi connectivity index (χ3v) is 4.21. The number of aliphatic imine (C=N–C) groups is 1. The van der Waals surface area contributed by atoms with Crippen molar-refractivity contribution in [1.29, 1.82) is 0 Å². The van der Waals surface area contributed by atoms with Gasteiger partial charge in [-0.25, -0.2) is 0 Å². The van der Waals surface area contributed by atoms with Gasteiger partial charge in [-0.1, -0.05) is 42.5 Å². The summed E-state index contributed by atoms with van der Waals surface area (Å²) in [7, 11) is 3.45. The molecule has 1 aromatic heterocycles. The first kappa shape index (κ1) is 21.7. The molecule has 28 heavy (non-hydrogen) atoms. The highest BCUT2D eigenvalue weighted by Gasteiger charge is 2.04. The summed E-state index contributed by atoms with van der Waals surface area (Å²) in [5, 5.41) is 6.67. The number of ether oxygens (including phenoxy) is 1. The molecule has 0 aliphatic carbocycles. The van der Waals surface area contributed by atoms with E-state index in [1.807, 2.05) is 54.7 Å². The van der Waals surface area contributed by atoms with Gasteiger partial charge >= 0.3 is 0 Å². The number of nitrogens with one attached hydrogen (secondary N) is 2. The molecular formula is C22H25IN4O. The lowest BCUT2D eigenvalue weighted by Crippen LogP contribution is -2.36. The van der Waals surface area contributed by atoms with Gasteiger partial charge in [0.15, 0.2) is 5.96 Å². The van der Waals surface area contributed by atoms with Gasteiger partial charge in [-0.3, -0.25) is 9.98 Å². The number of aromatic nitrogens is 1. The van der Waals surface area contributed by atoms with E-state index in [0.717, 1.165) is 28.5 Å². The highest BCUT2D eigenvalue weighted by Crippen LogP contribution is 2.18. The fourth-order valence-corrected chi connectivity index (χ4v) is 2.81. The zero-order valence-electron chi connectivity index (χ0n) is 16.1. The molecule has 3 rings (SSSR count). The molecule has 0 bridgehead atoms. The molecular weight excluding hydrogens is 463 g/mol. The minimum absolute atomic E-state index is 0. The summed E-state index contributed by atoms with van der Waals surface area (Å²) in [5.74, 6) is 1.60. The molecule has 5 nitrogen and oxygen atoms in total. The summed E-state index contributed by atoms with van der Waals surface area (Å²) >= 11 is 0. The fourth-order valence-electron chi connectivity index (χ4n) is 2.81. The van der Waals surface area contributed by atoms with Crippen molar-refractivity contribution in [1.82, 2.24) is 15.6 Å². The largest absolute Gasteiger partial charge is 0.496 e. The van der Waals surface area contributed by atoms with Gasteiger partial charge in [-0.05, 0) is 29.8 Å². The standard InChI is InChI=1S/C22H24N4O.HI/c1-23-22(26-16-19-9-3-4-12-21(19)27-2)25-15-17-8-7-10-18(14-17)20-11-5-6-13-24-20;/h3-14H,15-16H2,1-2H3,(H2,23,25,26);1H. The predicted molar refractivity (Wildman–Crippen MR) is 125 cm³/mol. The van der Waals surface area contributed by atoms with Gasteiger partial charge in [0.1, 0.15) is 5.75 Å². The van der Waals surface area contributed by atoms with E-state index < -0.39 is 0 Å². The molecule has 146 valence electrons. The van der Waals surface area contributed by atoms with Crippen LogP contribution in [0.25, 0.3) is 11.3 Å². The number of halogens is 1. The highest BCUT2D eigenvalue weighted by molar-refractivity contribution is 14.0. The summed E-state index contributed by atoms with van der Waals surface area (Å²) < 4.78 is 5.39. The number of benzene rings is 2. The Bertz CT molecular complexity index is 900. The first-order valence-corrected chi connectivity index (χ1v) is 8.87. The molecule has 0 amide bonds. The zero-order valence-corrected chi connectivity index (χ0v) is 18.4. The number of hydrogen-bond donors (Lipinski definition) is 2. The lowest BCUT2D eigenvalue weighted by atomic mass is 10.1. The molecule has 0 atom stereocenters. The van der Waals surface area contributed by atoms with Crippen LogP contribution in [0, 0.1) is 0 Å². The van der Waals surface area contributed by atoms with Gasteiger partial charge in [-0.2, -0.15) is 0 Å². The number of pyridine rings is 1. The van der Waals surface area contributed by atoms with Crippen molar-refractivity contribution in [2.45, 2.75) is 13.1 Å². The molecule has 1 heterocycles. The van der Waals surface area contributed by atoms with Crippen LogP contribution in [0.5, 0.6) is 5.75 Å². The van der Waals surface area contributed by atoms with E-state index in [4.69, 9.17) is 4.74 Å². The third-order valence-electron chi connectivity index (χ3n) is 4.21. The normalized spacial score (nSPS) is 10.7. The van der Waals surface area contributed by atoms with Gasteiger partial charge in [0.05, 0.1) is 12.8 Å². The number of methoxy groups -OCH3 is 1. The van der Waals surface area contributed by atoms with Crippen molar-refractivity contribution in [3.8, 4) is 17.0 Å². The molecule has 0 aliphatic heterocycles. The molecule has 0 fully saturated rings. The Morgan fingerprint density at radius 1 is 0.964 bits per heavy atom. The second-order valence-corrected chi connectivity index (χ2v) is 6.01. The highest BCUT2D eigenvalue weighted by atomic mass is 127. The van der Waals surface area contributed by atoms with E-state index in [0.29, 0.717) is 13.1 Å². The summed E-state index contributed by atoms with van der Waals surface area (Å²) in [6.45, 7) is 1.31. The molecule has 0 saturated carbocycles. The number of hydrogen-bond acceptors (Lipinski definition) is 3. The lowest BCUT2D eigenvalue weighted by Gasteiger charge is -2.14. The van der Waals surface area contributed by atoms with Crippen molar-refractivity contribution >= 4 is 29.9 Å². The number of guanidine groups is 1. The number of nitrogens with zero attached hydrogens (tertiary/aromatic N) is 2. The van der Waals surface area contributed by atoms with Crippen molar-refractivity contribution in [2.75, 3.05) is 14.2 Å². The third kappa shape index (κ3) is 5.95.